The van der Waals surface area contributed by atoms with Crippen molar-refractivity contribution in [2.24, 2.45) is 0 Å². The van der Waals surface area contributed by atoms with Crippen LogP contribution in [0.2, 0.25) is 0 Å². The van der Waals surface area contributed by atoms with Gasteiger partial charge in [0.1, 0.15) is 0 Å². The van der Waals surface area contributed by atoms with Gasteiger partial charge in [-0.1, -0.05) is 54.1 Å². The molecular weight excluding hydrogens is 434 g/mol. The Kier molecular flexibility index (Phi) is 6.81. The van der Waals surface area contributed by atoms with Crippen LogP contribution in [0.1, 0.15) is 33.5 Å². The van der Waals surface area contributed by atoms with E-state index in [9.17, 15) is 13.2 Å². The highest BCUT2D eigenvalue weighted by Crippen LogP contribution is 2.21. The minimum Gasteiger partial charge on any atom is -0.348 e. The normalized spacial score (nSPS) is 16.5. The maximum Gasteiger partial charge on any atom is 0.261 e. The van der Waals surface area contributed by atoms with E-state index in [1.165, 1.54) is 17.7 Å². The van der Waals surface area contributed by atoms with E-state index in [0.717, 1.165) is 37.2 Å². The molecule has 0 bridgehead atoms. The van der Waals surface area contributed by atoms with E-state index in [2.05, 4.69) is 27.1 Å². The highest BCUT2D eigenvalue weighted by atomic mass is 32.2. The van der Waals surface area contributed by atoms with Crippen molar-refractivity contribution in [2.75, 3.05) is 17.8 Å². The van der Waals surface area contributed by atoms with Crippen molar-refractivity contribution in [2.45, 2.75) is 37.8 Å². The molecule has 1 fully saturated rings. The summed E-state index contributed by atoms with van der Waals surface area (Å²) in [7, 11) is -3.81. The van der Waals surface area contributed by atoms with E-state index in [-0.39, 0.29) is 16.8 Å². The SMILES string of the molecule is Cc1ccc(NS(=O)(=O)c2ccc(C)c(C(=O)N[C@@H]3CCN(Cc4ccccc4)C3)c2)cc1. The summed E-state index contributed by atoms with van der Waals surface area (Å²) >= 11 is 0. The number of benzene rings is 3. The number of likely N-dealkylation sites (tertiary alicyclic amines) is 1. The molecule has 3 aromatic carbocycles. The Labute approximate surface area is 195 Å². The number of carbonyl (C=O) groups is 1. The lowest BCUT2D eigenvalue weighted by Crippen LogP contribution is -2.37. The smallest absolute Gasteiger partial charge is 0.261 e. The molecule has 4 rings (SSSR count). The molecule has 2 N–H and O–H groups in total. The predicted molar refractivity (Wildman–Crippen MR) is 131 cm³/mol. The highest BCUT2D eigenvalue weighted by molar-refractivity contribution is 7.92. The fourth-order valence-corrected chi connectivity index (χ4v) is 5.13. The molecule has 0 spiro atoms. The first-order valence-corrected chi connectivity index (χ1v) is 12.6. The summed E-state index contributed by atoms with van der Waals surface area (Å²) in [5.74, 6) is -0.244. The zero-order chi connectivity index (χ0) is 23.4. The van der Waals surface area contributed by atoms with Crippen LogP contribution < -0.4 is 10.0 Å². The van der Waals surface area contributed by atoms with Gasteiger partial charge in [0.2, 0.25) is 0 Å². The first kappa shape index (κ1) is 23.0. The van der Waals surface area contributed by atoms with Crippen LogP contribution >= 0.6 is 0 Å². The van der Waals surface area contributed by atoms with Crippen molar-refractivity contribution < 1.29 is 13.2 Å². The van der Waals surface area contributed by atoms with Gasteiger partial charge in [-0.25, -0.2) is 8.42 Å². The third-order valence-corrected chi connectivity index (χ3v) is 7.30. The summed E-state index contributed by atoms with van der Waals surface area (Å²) in [4.78, 5) is 15.4. The Morgan fingerprint density at radius 2 is 1.73 bits per heavy atom. The second-order valence-electron chi connectivity index (χ2n) is 8.63. The second kappa shape index (κ2) is 9.77. The number of rotatable bonds is 7. The van der Waals surface area contributed by atoms with E-state index >= 15 is 0 Å². The van der Waals surface area contributed by atoms with Crippen LogP contribution in [-0.2, 0) is 16.6 Å². The molecule has 1 heterocycles. The zero-order valence-electron chi connectivity index (χ0n) is 18.9. The van der Waals surface area contributed by atoms with Crippen LogP contribution in [0, 0.1) is 13.8 Å². The van der Waals surface area contributed by atoms with Crippen molar-refractivity contribution in [1.82, 2.24) is 10.2 Å². The predicted octanol–water partition coefficient (Wildman–Crippen LogP) is 4.11. The monoisotopic (exact) mass is 463 g/mol. The average molecular weight is 464 g/mol. The summed E-state index contributed by atoms with van der Waals surface area (Å²) in [5.41, 5.74) is 3.89. The van der Waals surface area contributed by atoms with Gasteiger partial charge in [0.25, 0.3) is 15.9 Å². The molecule has 0 aliphatic carbocycles. The summed E-state index contributed by atoms with van der Waals surface area (Å²) in [6.07, 6.45) is 0.866. The highest BCUT2D eigenvalue weighted by Gasteiger charge is 2.25. The van der Waals surface area contributed by atoms with Gasteiger partial charge in [-0.2, -0.15) is 0 Å². The minimum atomic E-state index is -3.81. The first-order chi connectivity index (χ1) is 15.8. The number of amides is 1. The summed E-state index contributed by atoms with van der Waals surface area (Å²) in [6.45, 7) is 6.29. The molecule has 1 aliphatic heterocycles. The fraction of sp³-hybridized carbons (Fsp3) is 0.269. The molecule has 0 aromatic heterocycles. The Hall–Kier alpha value is -3.16. The third kappa shape index (κ3) is 5.80. The van der Waals surface area contributed by atoms with Crippen molar-refractivity contribution in [3.05, 3.63) is 95.1 Å². The van der Waals surface area contributed by atoms with Gasteiger partial charge < -0.3 is 5.32 Å². The molecule has 0 unspecified atom stereocenters. The van der Waals surface area contributed by atoms with Crippen LogP contribution in [0.3, 0.4) is 0 Å². The molecule has 0 radical (unpaired) electrons. The molecule has 172 valence electrons. The van der Waals surface area contributed by atoms with Gasteiger partial charge in [0.15, 0.2) is 0 Å². The maximum absolute atomic E-state index is 13.0. The first-order valence-electron chi connectivity index (χ1n) is 11.1. The number of aryl methyl sites for hydroxylation is 2. The molecule has 0 saturated carbocycles. The summed E-state index contributed by atoms with van der Waals surface area (Å²) < 4.78 is 28.4. The molecule has 3 aromatic rings. The Morgan fingerprint density at radius 3 is 2.45 bits per heavy atom. The lowest BCUT2D eigenvalue weighted by Gasteiger charge is -2.17. The lowest BCUT2D eigenvalue weighted by atomic mass is 10.1. The van der Waals surface area contributed by atoms with E-state index < -0.39 is 10.0 Å². The van der Waals surface area contributed by atoms with Crippen molar-refractivity contribution in [3.63, 3.8) is 0 Å². The Bertz CT molecular complexity index is 1230. The van der Waals surface area contributed by atoms with Gasteiger partial charge in [-0.15, -0.1) is 0 Å². The van der Waals surface area contributed by atoms with Gasteiger partial charge >= 0.3 is 0 Å². The largest absolute Gasteiger partial charge is 0.348 e. The minimum absolute atomic E-state index is 0.0339. The topological polar surface area (TPSA) is 78.5 Å². The molecule has 1 saturated heterocycles. The van der Waals surface area contributed by atoms with Crippen LogP contribution in [0.25, 0.3) is 0 Å². The van der Waals surface area contributed by atoms with Gasteiger partial charge in [-0.3, -0.25) is 14.4 Å². The van der Waals surface area contributed by atoms with Crippen LogP contribution in [0.4, 0.5) is 5.69 Å². The number of hydrogen-bond acceptors (Lipinski definition) is 4. The van der Waals surface area contributed by atoms with E-state index in [0.29, 0.717) is 11.3 Å². The lowest BCUT2D eigenvalue weighted by molar-refractivity contribution is 0.0937. The number of anilines is 1. The van der Waals surface area contributed by atoms with E-state index in [1.54, 1.807) is 18.2 Å². The molecule has 1 aliphatic rings. The Balaban J connectivity index is 1.43. The number of nitrogens with zero attached hydrogens (tertiary/aromatic N) is 1. The summed E-state index contributed by atoms with van der Waals surface area (Å²) in [5, 5.41) is 3.09. The van der Waals surface area contributed by atoms with Crippen LogP contribution in [0.5, 0.6) is 0 Å². The molecular formula is C26H29N3O3S. The molecule has 33 heavy (non-hydrogen) atoms. The molecule has 1 amide bonds. The van der Waals surface area contributed by atoms with Gasteiger partial charge in [0, 0.05) is 36.9 Å². The van der Waals surface area contributed by atoms with Gasteiger partial charge in [-0.05, 0) is 55.7 Å². The number of nitrogens with one attached hydrogen (secondary N) is 2. The fourth-order valence-electron chi connectivity index (χ4n) is 4.05. The number of hydrogen-bond donors (Lipinski definition) is 2. The van der Waals surface area contributed by atoms with Crippen LogP contribution in [-0.4, -0.2) is 38.4 Å². The van der Waals surface area contributed by atoms with Crippen LogP contribution in [0.15, 0.2) is 77.7 Å². The average Bonchev–Trinajstić information content (AvgIpc) is 3.22. The van der Waals surface area contributed by atoms with Gasteiger partial charge in [0.05, 0.1) is 4.90 Å². The third-order valence-electron chi connectivity index (χ3n) is 5.92. The zero-order valence-corrected chi connectivity index (χ0v) is 19.7. The van der Waals surface area contributed by atoms with E-state index in [4.69, 9.17) is 0 Å². The molecule has 7 heteroatoms. The second-order valence-corrected chi connectivity index (χ2v) is 10.3. The van der Waals surface area contributed by atoms with E-state index in [1.807, 2.05) is 44.2 Å². The standard InChI is InChI=1S/C26H29N3O3S/c1-19-8-11-22(12-9-19)28-33(31,32)24-13-10-20(2)25(16-24)26(30)27-23-14-15-29(18-23)17-21-6-4-3-5-7-21/h3-13,16,23,28H,14-15,17-18H2,1-2H3,(H,27,30)/t23-/m1/s1. The molecule has 1 atom stereocenters. The summed E-state index contributed by atoms with van der Waals surface area (Å²) in [6, 6.07) is 22.1. The Morgan fingerprint density at radius 1 is 1.00 bits per heavy atom. The van der Waals surface area contributed by atoms with Crippen molar-refractivity contribution in [1.29, 1.82) is 0 Å². The quantitative estimate of drug-likeness (QED) is 0.553. The number of carbonyl (C=O) groups excluding carboxylic acids is 1. The van der Waals surface area contributed by atoms with Crippen molar-refractivity contribution >= 4 is 21.6 Å². The maximum atomic E-state index is 13.0. The van der Waals surface area contributed by atoms with Crippen molar-refractivity contribution in [3.8, 4) is 0 Å². The number of sulfonamides is 1. The molecule has 6 nitrogen and oxygen atoms in total.